The topological polar surface area (TPSA) is 64.0 Å². The molecule has 4 rings (SSSR count). The Balaban J connectivity index is 1.91. The average Bonchev–Trinajstić information content (AvgIpc) is 3.51. The molecule has 3 aromatic rings. The Morgan fingerprint density at radius 1 is 1.16 bits per heavy atom. The summed E-state index contributed by atoms with van der Waals surface area (Å²) in [7, 11) is 0. The summed E-state index contributed by atoms with van der Waals surface area (Å²) in [5.41, 5.74) is -2.57. The fraction of sp³-hybridized carbons (Fsp3) is 0.250. The third-order valence-corrected chi connectivity index (χ3v) is 5.18. The number of carbonyl (C=O) groups excluding carboxylic acids is 1. The quantitative estimate of drug-likeness (QED) is 0.467. The van der Waals surface area contributed by atoms with Gasteiger partial charge < -0.3 is 5.32 Å². The highest BCUT2D eigenvalue weighted by Gasteiger charge is 2.49. The third-order valence-electron chi connectivity index (χ3n) is 4.97. The van der Waals surface area contributed by atoms with Crippen LogP contribution in [0.1, 0.15) is 23.2 Å². The van der Waals surface area contributed by atoms with Crippen molar-refractivity contribution in [3.63, 3.8) is 0 Å². The highest BCUT2D eigenvalue weighted by Crippen LogP contribution is 2.40. The lowest BCUT2D eigenvalue weighted by Crippen LogP contribution is -2.48. The molecule has 31 heavy (non-hydrogen) atoms. The molecule has 1 aliphatic carbocycles. The van der Waals surface area contributed by atoms with Crippen LogP contribution in [0.5, 0.6) is 0 Å². The number of hydrogen-bond acceptors (Lipinski definition) is 3. The highest BCUT2D eigenvalue weighted by molar-refractivity contribution is 6.29. The number of halogens is 6. The van der Waals surface area contributed by atoms with Crippen LogP contribution in [0.3, 0.4) is 0 Å². The Morgan fingerprint density at radius 2 is 1.81 bits per heavy atom. The second kappa shape index (κ2) is 7.60. The van der Waals surface area contributed by atoms with Gasteiger partial charge in [-0.15, -0.1) is 0 Å². The molecule has 11 heteroatoms. The number of benzene rings is 1. The molecule has 1 N–H and O–H groups in total. The third kappa shape index (κ3) is 3.99. The molecule has 162 valence electrons. The predicted octanol–water partition coefficient (Wildman–Crippen LogP) is 4.39. The lowest BCUT2D eigenvalue weighted by atomic mass is 10.1. The second-order valence-corrected chi connectivity index (χ2v) is 7.53. The van der Waals surface area contributed by atoms with Gasteiger partial charge in [0.25, 0.3) is 5.91 Å². The molecule has 0 spiro atoms. The zero-order valence-corrected chi connectivity index (χ0v) is 16.3. The normalized spacial score (nSPS) is 15.2. The molecule has 0 saturated heterocycles. The number of amides is 1. The van der Waals surface area contributed by atoms with Crippen LogP contribution in [0, 0.1) is 17.6 Å². The number of rotatable bonds is 4. The second-order valence-electron chi connectivity index (χ2n) is 7.15. The van der Waals surface area contributed by atoms with E-state index in [4.69, 9.17) is 11.6 Å². The SMILES string of the molecule is O=C(NC(C1CC1)C(F)(F)F)c1cn(-c2c(F)cccc2F)c2nc(Cl)ccc2c1=O. The number of nitrogens with zero attached hydrogens (tertiary/aromatic N) is 2. The first-order chi connectivity index (χ1) is 14.6. The number of hydrogen-bond donors (Lipinski definition) is 1. The molecule has 2 aromatic heterocycles. The van der Waals surface area contributed by atoms with Gasteiger partial charge >= 0.3 is 6.18 Å². The van der Waals surface area contributed by atoms with Crippen molar-refractivity contribution in [3.8, 4) is 5.69 Å². The lowest BCUT2D eigenvalue weighted by Gasteiger charge is -2.21. The van der Waals surface area contributed by atoms with E-state index >= 15 is 0 Å². The minimum absolute atomic E-state index is 0.0968. The van der Waals surface area contributed by atoms with Crippen LogP contribution in [-0.4, -0.2) is 27.7 Å². The van der Waals surface area contributed by atoms with Gasteiger partial charge in [-0.1, -0.05) is 17.7 Å². The largest absolute Gasteiger partial charge is 0.408 e. The summed E-state index contributed by atoms with van der Waals surface area (Å²) in [4.78, 5) is 29.4. The summed E-state index contributed by atoms with van der Waals surface area (Å²) < 4.78 is 69.6. The van der Waals surface area contributed by atoms with Gasteiger partial charge in [0, 0.05) is 6.20 Å². The van der Waals surface area contributed by atoms with Gasteiger partial charge in [0.15, 0.2) is 0 Å². The summed E-state index contributed by atoms with van der Waals surface area (Å²) in [6.45, 7) is 0. The van der Waals surface area contributed by atoms with Gasteiger partial charge in [-0.25, -0.2) is 13.8 Å². The molecular formula is C20H13ClF5N3O2. The van der Waals surface area contributed by atoms with Crippen molar-refractivity contribution < 1.29 is 26.7 Å². The molecule has 1 aromatic carbocycles. The van der Waals surface area contributed by atoms with E-state index in [2.05, 4.69) is 4.98 Å². The summed E-state index contributed by atoms with van der Waals surface area (Å²) in [5.74, 6) is -4.16. The lowest BCUT2D eigenvalue weighted by molar-refractivity contribution is -0.158. The molecule has 1 amide bonds. The standard InChI is InChI=1S/C20H13ClF5N3O2/c21-14-7-6-10-16(30)11(19(31)28-17(9-4-5-9)20(24,25)26)8-29(18(10)27-14)15-12(22)2-1-3-13(15)23/h1-3,6-9,17H,4-5H2,(H,28,31). The number of para-hydroxylation sites is 1. The van der Waals surface area contributed by atoms with Crippen LogP contribution < -0.4 is 10.7 Å². The first-order valence-corrected chi connectivity index (χ1v) is 9.49. The van der Waals surface area contributed by atoms with Gasteiger partial charge in [-0.05, 0) is 43.0 Å². The van der Waals surface area contributed by atoms with Gasteiger partial charge in [-0.2, -0.15) is 13.2 Å². The maximum absolute atomic E-state index is 14.4. The van der Waals surface area contributed by atoms with Crippen molar-refractivity contribution >= 4 is 28.5 Å². The molecule has 0 radical (unpaired) electrons. The minimum Gasteiger partial charge on any atom is -0.340 e. The van der Waals surface area contributed by atoms with Crippen LogP contribution in [0.4, 0.5) is 22.0 Å². The minimum atomic E-state index is -4.71. The van der Waals surface area contributed by atoms with E-state index in [1.165, 1.54) is 12.1 Å². The van der Waals surface area contributed by atoms with Crippen molar-refractivity contribution in [2.45, 2.75) is 25.1 Å². The Kier molecular flexibility index (Phi) is 5.20. The van der Waals surface area contributed by atoms with Crippen LogP contribution >= 0.6 is 11.6 Å². The van der Waals surface area contributed by atoms with Gasteiger partial charge in [0.2, 0.25) is 5.43 Å². The number of fused-ring (bicyclic) bond motifs is 1. The molecular weight excluding hydrogens is 445 g/mol. The van der Waals surface area contributed by atoms with E-state index in [1.807, 2.05) is 5.32 Å². The summed E-state index contributed by atoms with van der Waals surface area (Å²) in [6.07, 6.45) is -3.37. The summed E-state index contributed by atoms with van der Waals surface area (Å²) in [6, 6.07) is 3.27. The van der Waals surface area contributed by atoms with Gasteiger partial charge in [0.1, 0.15) is 39.7 Å². The zero-order valence-electron chi connectivity index (χ0n) is 15.5. The Morgan fingerprint density at radius 3 is 2.39 bits per heavy atom. The first kappa shape index (κ1) is 21.2. The predicted molar refractivity (Wildman–Crippen MR) is 102 cm³/mol. The monoisotopic (exact) mass is 457 g/mol. The van der Waals surface area contributed by atoms with Crippen molar-refractivity contribution in [1.29, 1.82) is 0 Å². The van der Waals surface area contributed by atoms with Crippen molar-refractivity contribution in [2.24, 2.45) is 5.92 Å². The molecule has 0 bridgehead atoms. The number of alkyl halides is 3. The Bertz CT molecular complexity index is 1230. The van der Waals surface area contributed by atoms with E-state index in [0.29, 0.717) is 0 Å². The number of pyridine rings is 2. The van der Waals surface area contributed by atoms with Gasteiger partial charge in [0.05, 0.1) is 5.39 Å². The van der Waals surface area contributed by atoms with E-state index in [9.17, 15) is 31.5 Å². The summed E-state index contributed by atoms with van der Waals surface area (Å²) in [5, 5.41) is 1.51. The average molecular weight is 458 g/mol. The maximum atomic E-state index is 14.4. The van der Waals surface area contributed by atoms with Crippen molar-refractivity contribution in [2.75, 3.05) is 0 Å². The van der Waals surface area contributed by atoms with Crippen molar-refractivity contribution in [3.05, 3.63) is 69.1 Å². The number of aromatic nitrogens is 2. The van der Waals surface area contributed by atoms with Crippen LogP contribution in [0.2, 0.25) is 5.15 Å². The molecule has 1 unspecified atom stereocenters. The molecule has 1 fully saturated rings. The van der Waals surface area contributed by atoms with Crippen LogP contribution in [-0.2, 0) is 0 Å². The Hall–Kier alpha value is -3.01. The molecule has 1 atom stereocenters. The summed E-state index contributed by atoms with van der Waals surface area (Å²) >= 11 is 5.85. The van der Waals surface area contributed by atoms with Crippen LogP contribution in [0.15, 0.2) is 41.3 Å². The van der Waals surface area contributed by atoms with Crippen LogP contribution in [0.25, 0.3) is 16.7 Å². The highest BCUT2D eigenvalue weighted by atomic mass is 35.5. The fourth-order valence-corrected chi connectivity index (χ4v) is 3.49. The van der Waals surface area contributed by atoms with E-state index in [-0.39, 0.29) is 29.0 Å². The molecule has 1 saturated carbocycles. The van der Waals surface area contributed by atoms with E-state index in [1.54, 1.807) is 0 Å². The number of nitrogens with one attached hydrogen (secondary N) is 1. The number of carbonyl (C=O) groups is 1. The van der Waals surface area contributed by atoms with E-state index < -0.39 is 52.4 Å². The van der Waals surface area contributed by atoms with Gasteiger partial charge in [-0.3, -0.25) is 14.2 Å². The first-order valence-electron chi connectivity index (χ1n) is 9.12. The maximum Gasteiger partial charge on any atom is 0.408 e. The molecule has 2 heterocycles. The zero-order chi connectivity index (χ0) is 22.5. The van der Waals surface area contributed by atoms with E-state index in [0.717, 1.165) is 29.0 Å². The Labute approximate surface area is 176 Å². The molecule has 0 aliphatic heterocycles. The molecule has 5 nitrogen and oxygen atoms in total. The fourth-order valence-electron chi connectivity index (χ4n) is 3.35. The smallest absolute Gasteiger partial charge is 0.340 e. The van der Waals surface area contributed by atoms with Crippen molar-refractivity contribution in [1.82, 2.24) is 14.9 Å². The molecule has 1 aliphatic rings.